The topological polar surface area (TPSA) is 79.7 Å². The van der Waals surface area contributed by atoms with E-state index in [-0.39, 0.29) is 12.2 Å². The molecule has 7 nitrogen and oxygen atoms in total. The first-order valence-corrected chi connectivity index (χ1v) is 9.21. The molecule has 7 heteroatoms. The molecule has 0 atom stereocenters. The van der Waals surface area contributed by atoms with Crippen molar-refractivity contribution < 1.29 is 9.53 Å². The van der Waals surface area contributed by atoms with Gasteiger partial charge in [-0.3, -0.25) is 4.79 Å². The SMILES string of the molecule is CC(=O)Cc1nc2c(c(N3CCOCC3)n1)N=C(Nc1ccc(C)cc1)C2. The molecule has 0 amide bonds. The molecule has 4 rings (SSSR count). The maximum atomic E-state index is 11.6. The molecule has 3 heterocycles. The molecule has 1 fully saturated rings. The third-order valence-corrected chi connectivity index (χ3v) is 4.62. The lowest BCUT2D eigenvalue weighted by Crippen LogP contribution is -2.37. The standard InChI is InChI=1S/C20H23N5O2/c1-13-3-5-15(6-4-13)21-18-12-16-19(23-18)20(25-7-9-27-10-8-25)24-17(22-16)11-14(2)26/h3-6H,7-12H2,1-2H3,(H,21,23). The summed E-state index contributed by atoms with van der Waals surface area (Å²) in [6.07, 6.45) is 0.847. The molecule has 1 aromatic carbocycles. The number of Topliss-reactive ketones (excluding diaryl/α,β-unsaturated/α-hetero) is 1. The van der Waals surface area contributed by atoms with Crippen molar-refractivity contribution in [1.29, 1.82) is 0 Å². The Morgan fingerprint density at radius 1 is 1.19 bits per heavy atom. The van der Waals surface area contributed by atoms with Gasteiger partial charge in [-0.1, -0.05) is 17.7 Å². The van der Waals surface area contributed by atoms with Gasteiger partial charge in [0.2, 0.25) is 0 Å². The number of aryl methyl sites for hydroxylation is 1. The van der Waals surface area contributed by atoms with E-state index in [0.29, 0.717) is 25.5 Å². The highest BCUT2D eigenvalue weighted by atomic mass is 16.5. The average molecular weight is 365 g/mol. The summed E-state index contributed by atoms with van der Waals surface area (Å²) in [5.74, 6) is 2.27. The number of ether oxygens (including phenoxy) is 1. The van der Waals surface area contributed by atoms with E-state index in [9.17, 15) is 4.79 Å². The van der Waals surface area contributed by atoms with E-state index >= 15 is 0 Å². The van der Waals surface area contributed by atoms with Crippen molar-refractivity contribution in [1.82, 2.24) is 9.97 Å². The number of nitrogens with one attached hydrogen (secondary N) is 1. The molecule has 140 valence electrons. The second-order valence-corrected chi connectivity index (χ2v) is 6.96. The van der Waals surface area contributed by atoms with E-state index in [1.807, 2.05) is 12.1 Å². The lowest BCUT2D eigenvalue weighted by Gasteiger charge is -2.28. The number of carbonyl (C=O) groups excluding carboxylic acids is 1. The molecule has 2 aliphatic rings. The van der Waals surface area contributed by atoms with Gasteiger partial charge in [0.25, 0.3) is 0 Å². The van der Waals surface area contributed by atoms with Gasteiger partial charge in [0.1, 0.15) is 23.1 Å². The molecular formula is C20H23N5O2. The zero-order valence-electron chi connectivity index (χ0n) is 15.7. The summed E-state index contributed by atoms with van der Waals surface area (Å²) in [6.45, 7) is 6.48. The van der Waals surface area contributed by atoms with Crippen molar-refractivity contribution in [3.63, 3.8) is 0 Å². The van der Waals surface area contributed by atoms with Crippen LogP contribution >= 0.6 is 0 Å². The van der Waals surface area contributed by atoms with Gasteiger partial charge in [-0.15, -0.1) is 0 Å². The minimum atomic E-state index is 0.0554. The number of carbonyl (C=O) groups is 1. The largest absolute Gasteiger partial charge is 0.378 e. The van der Waals surface area contributed by atoms with Gasteiger partial charge in [0.05, 0.1) is 31.7 Å². The van der Waals surface area contributed by atoms with Crippen LogP contribution in [0.3, 0.4) is 0 Å². The number of fused-ring (bicyclic) bond motifs is 1. The van der Waals surface area contributed by atoms with Crippen LogP contribution in [0.2, 0.25) is 0 Å². The summed E-state index contributed by atoms with van der Waals surface area (Å²) in [7, 11) is 0. The fourth-order valence-electron chi connectivity index (χ4n) is 3.28. The highest BCUT2D eigenvalue weighted by molar-refractivity contribution is 6.03. The first kappa shape index (κ1) is 17.6. The number of benzene rings is 1. The molecule has 2 aliphatic heterocycles. The summed E-state index contributed by atoms with van der Waals surface area (Å²) < 4.78 is 5.46. The Kier molecular flexibility index (Phi) is 4.85. The molecule has 2 aromatic rings. The predicted molar refractivity (Wildman–Crippen MR) is 105 cm³/mol. The molecule has 1 N–H and O–H groups in total. The number of anilines is 2. The summed E-state index contributed by atoms with van der Waals surface area (Å²) >= 11 is 0. The number of ketones is 1. The Morgan fingerprint density at radius 3 is 2.63 bits per heavy atom. The minimum Gasteiger partial charge on any atom is -0.378 e. The van der Waals surface area contributed by atoms with Crippen molar-refractivity contribution >= 4 is 28.8 Å². The Balaban J connectivity index is 1.64. The highest BCUT2D eigenvalue weighted by Crippen LogP contribution is 2.35. The molecule has 0 aliphatic carbocycles. The first-order chi connectivity index (χ1) is 13.1. The third kappa shape index (κ3) is 3.98. The highest BCUT2D eigenvalue weighted by Gasteiger charge is 2.26. The summed E-state index contributed by atoms with van der Waals surface area (Å²) in [5.41, 5.74) is 3.89. The minimum absolute atomic E-state index is 0.0554. The monoisotopic (exact) mass is 365 g/mol. The zero-order valence-corrected chi connectivity index (χ0v) is 15.7. The second kappa shape index (κ2) is 7.44. The lowest BCUT2D eigenvalue weighted by molar-refractivity contribution is -0.116. The van der Waals surface area contributed by atoms with E-state index in [0.717, 1.165) is 41.8 Å². The Labute approximate surface area is 158 Å². The van der Waals surface area contributed by atoms with Crippen LogP contribution in [0, 0.1) is 6.92 Å². The number of hydrogen-bond donors (Lipinski definition) is 1. The van der Waals surface area contributed by atoms with E-state index < -0.39 is 0 Å². The zero-order chi connectivity index (χ0) is 18.8. The number of aliphatic imine (C=N–C) groups is 1. The predicted octanol–water partition coefficient (Wildman–Crippen LogP) is 2.45. The number of aromatic nitrogens is 2. The van der Waals surface area contributed by atoms with Crippen LogP contribution in [0.1, 0.15) is 24.0 Å². The van der Waals surface area contributed by atoms with Crippen LogP contribution in [-0.4, -0.2) is 47.9 Å². The van der Waals surface area contributed by atoms with Gasteiger partial charge in [-0.2, -0.15) is 0 Å². The van der Waals surface area contributed by atoms with Gasteiger partial charge in [-0.25, -0.2) is 15.0 Å². The van der Waals surface area contributed by atoms with Crippen molar-refractivity contribution in [3.05, 3.63) is 41.3 Å². The van der Waals surface area contributed by atoms with E-state index in [1.165, 1.54) is 5.56 Å². The van der Waals surface area contributed by atoms with Crippen molar-refractivity contribution in [2.75, 3.05) is 36.5 Å². The molecule has 1 aromatic heterocycles. The molecular weight excluding hydrogens is 342 g/mol. The summed E-state index contributed by atoms with van der Waals surface area (Å²) in [5, 5.41) is 3.38. The van der Waals surface area contributed by atoms with Gasteiger partial charge in [-0.05, 0) is 26.0 Å². The summed E-state index contributed by atoms with van der Waals surface area (Å²) in [4.78, 5) is 27.8. The lowest BCUT2D eigenvalue weighted by atomic mass is 10.2. The van der Waals surface area contributed by atoms with Crippen LogP contribution in [0.4, 0.5) is 17.2 Å². The summed E-state index contributed by atoms with van der Waals surface area (Å²) in [6, 6.07) is 8.21. The number of rotatable bonds is 4. The number of amidine groups is 1. The molecule has 0 saturated carbocycles. The number of hydrogen-bond acceptors (Lipinski definition) is 7. The van der Waals surface area contributed by atoms with E-state index in [4.69, 9.17) is 9.73 Å². The normalized spacial score (nSPS) is 16.1. The van der Waals surface area contributed by atoms with Gasteiger partial charge < -0.3 is 15.0 Å². The first-order valence-electron chi connectivity index (χ1n) is 9.21. The quantitative estimate of drug-likeness (QED) is 0.897. The van der Waals surface area contributed by atoms with Crippen LogP contribution in [0.5, 0.6) is 0 Å². The number of morpholine rings is 1. The van der Waals surface area contributed by atoms with Crippen molar-refractivity contribution in [2.24, 2.45) is 4.99 Å². The maximum Gasteiger partial charge on any atom is 0.158 e. The van der Waals surface area contributed by atoms with Crippen molar-refractivity contribution in [3.8, 4) is 0 Å². The van der Waals surface area contributed by atoms with Crippen LogP contribution in [0.15, 0.2) is 29.3 Å². The fraction of sp³-hybridized carbons (Fsp3) is 0.400. The van der Waals surface area contributed by atoms with Gasteiger partial charge in [0.15, 0.2) is 5.82 Å². The third-order valence-electron chi connectivity index (χ3n) is 4.62. The van der Waals surface area contributed by atoms with Crippen LogP contribution in [-0.2, 0) is 22.4 Å². The fourth-order valence-corrected chi connectivity index (χ4v) is 3.28. The smallest absolute Gasteiger partial charge is 0.158 e. The molecule has 27 heavy (non-hydrogen) atoms. The second-order valence-electron chi connectivity index (χ2n) is 6.96. The molecule has 0 bridgehead atoms. The van der Waals surface area contributed by atoms with E-state index in [2.05, 4.69) is 39.2 Å². The molecule has 0 spiro atoms. The maximum absolute atomic E-state index is 11.6. The van der Waals surface area contributed by atoms with Crippen LogP contribution in [0.25, 0.3) is 0 Å². The van der Waals surface area contributed by atoms with Crippen molar-refractivity contribution in [2.45, 2.75) is 26.7 Å². The van der Waals surface area contributed by atoms with Gasteiger partial charge in [0, 0.05) is 18.8 Å². The molecule has 1 saturated heterocycles. The Bertz CT molecular complexity index is 886. The molecule has 0 radical (unpaired) electrons. The van der Waals surface area contributed by atoms with Crippen LogP contribution < -0.4 is 10.2 Å². The average Bonchev–Trinajstić information content (AvgIpc) is 3.05. The van der Waals surface area contributed by atoms with Gasteiger partial charge >= 0.3 is 0 Å². The number of nitrogens with zero attached hydrogens (tertiary/aromatic N) is 4. The Hall–Kier alpha value is -2.80. The molecule has 0 unspecified atom stereocenters. The van der Waals surface area contributed by atoms with E-state index in [1.54, 1.807) is 6.92 Å². The Morgan fingerprint density at radius 2 is 1.93 bits per heavy atom.